The molecule has 2 aromatic rings. The number of hydrogen-bond donors (Lipinski definition) is 0. The predicted molar refractivity (Wildman–Crippen MR) is 99.6 cm³/mol. The standard InChI is InChI=1S/C19H24FN3O2S/c1-22(2)26(24,25)23-12-6-8-16(14-23)19-11-5-9-17(21-19)13-15-7-3-4-10-18(15)20/h3-5,7,9-11,16H,6,8,12-14H2,1-2H3. The van der Waals surface area contributed by atoms with Crippen LogP contribution in [0.25, 0.3) is 0 Å². The first-order valence-corrected chi connectivity index (χ1v) is 10.1. The van der Waals surface area contributed by atoms with E-state index in [1.54, 1.807) is 26.2 Å². The maximum absolute atomic E-state index is 13.9. The average molecular weight is 377 g/mol. The summed E-state index contributed by atoms with van der Waals surface area (Å²) in [7, 11) is -0.320. The van der Waals surface area contributed by atoms with Gasteiger partial charge in [0, 0.05) is 50.9 Å². The Kier molecular flexibility index (Phi) is 5.70. The second-order valence-corrected chi connectivity index (χ2v) is 8.95. The van der Waals surface area contributed by atoms with Crippen LogP contribution in [0.5, 0.6) is 0 Å². The van der Waals surface area contributed by atoms with E-state index in [-0.39, 0.29) is 11.7 Å². The van der Waals surface area contributed by atoms with Crippen LogP contribution in [0.15, 0.2) is 42.5 Å². The topological polar surface area (TPSA) is 53.5 Å². The highest BCUT2D eigenvalue weighted by Crippen LogP contribution is 2.28. The van der Waals surface area contributed by atoms with Gasteiger partial charge in [0.1, 0.15) is 5.82 Å². The monoisotopic (exact) mass is 377 g/mol. The van der Waals surface area contributed by atoms with E-state index < -0.39 is 10.2 Å². The summed E-state index contributed by atoms with van der Waals surface area (Å²) in [4.78, 5) is 4.69. The van der Waals surface area contributed by atoms with Gasteiger partial charge in [-0.3, -0.25) is 4.98 Å². The highest BCUT2D eigenvalue weighted by Gasteiger charge is 2.31. The summed E-state index contributed by atoms with van der Waals surface area (Å²) < 4.78 is 41.4. The van der Waals surface area contributed by atoms with Gasteiger partial charge in [-0.05, 0) is 36.6 Å². The second-order valence-electron chi connectivity index (χ2n) is 6.81. The molecule has 0 spiro atoms. The fourth-order valence-electron chi connectivity index (χ4n) is 3.29. The summed E-state index contributed by atoms with van der Waals surface area (Å²) in [6.45, 7) is 0.961. The first kappa shape index (κ1) is 18.9. The van der Waals surface area contributed by atoms with Gasteiger partial charge in [-0.15, -0.1) is 0 Å². The molecule has 1 unspecified atom stereocenters. The van der Waals surface area contributed by atoms with Gasteiger partial charge in [-0.25, -0.2) is 4.39 Å². The van der Waals surface area contributed by atoms with Gasteiger partial charge in [0.2, 0.25) is 0 Å². The zero-order valence-corrected chi connectivity index (χ0v) is 15.9. The third-order valence-electron chi connectivity index (χ3n) is 4.75. The van der Waals surface area contributed by atoms with Gasteiger partial charge >= 0.3 is 0 Å². The van der Waals surface area contributed by atoms with Crippen molar-refractivity contribution in [2.24, 2.45) is 0 Å². The molecule has 0 N–H and O–H groups in total. The minimum Gasteiger partial charge on any atom is -0.257 e. The summed E-state index contributed by atoms with van der Waals surface area (Å²) in [5.74, 6) is -0.181. The van der Waals surface area contributed by atoms with E-state index in [0.717, 1.165) is 24.2 Å². The van der Waals surface area contributed by atoms with E-state index >= 15 is 0 Å². The molecule has 0 bridgehead atoms. The Hall–Kier alpha value is -1.83. The molecule has 1 aromatic heterocycles. The molecule has 0 aliphatic carbocycles. The number of pyridine rings is 1. The third-order valence-corrected chi connectivity index (χ3v) is 6.65. The number of piperidine rings is 1. The van der Waals surface area contributed by atoms with Crippen LogP contribution >= 0.6 is 0 Å². The van der Waals surface area contributed by atoms with Crippen molar-refractivity contribution < 1.29 is 12.8 Å². The fourth-order valence-corrected chi connectivity index (χ4v) is 4.48. The zero-order valence-electron chi connectivity index (χ0n) is 15.1. The molecule has 1 saturated heterocycles. The van der Waals surface area contributed by atoms with Crippen LogP contribution in [0.2, 0.25) is 0 Å². The van der Waals surface area contributed by atoms with E-state index in [0.29, 0.717) is 25.1 Å². The van der Waals surface area contributed by atoms with Gasteiger partial charge in [0.15, 0.2) is 0 Å². The molecule has 1 aliphatic rings. The maximum atomic E-state index is 13.9. The third kappa shape index (κ3) is 4.11. The van der Waals surface area contributed by atoms with Gasteiger partial charge in [0.25, 0.3) is 10.2 Å². The lowest BCUT2D eigenvalue weighted by atomic mass is 9.95. The van der Waals surface area contributed by atoms with E-state index in [9.17, 15) is 12.8 Å². The van der Waals surface area contributed by atoms with E-state index in [1.807, 2.05) is 24.3 Å². The molecule has 1 fully saturated rings. The lowest BCUT2D eigenvalue weighted by Gasteiger charge is -2.33. The first-order chi connectivity index (χ1) is 12.4. The number of nitrogens with zero attached hydrogens (tertiary/aromatic N) is 3. The summed E-state index contributed by atoms with van der Waals surface area (Å²) in [6.07, 6.45) is 2.12. The Labute approximate surface area is 154 Å². The van der Waals surface area contributed by atoms with Crippen LogP contribution in [-0.2, 0) is 16.6 Å². The van der Waals surface area contributed by atoms with E-state index in [2.05, 4.69) is 0 Å². The molecule has 1 aliphatic heterocycles. The summed E-state index contributed by atoms with van der Waals surface area (Å²) in [5.41, 5.74) is 2.27. The molecular weight excluding hydrogens is 353 g/mol. The van der Waals surface area contributed by atoms with Crippen molar-refractivity contribution in [1.82, 2.24) is 13.6 Å². The number of aromatic nitrogens is 1. The van der Waals surface area contributed by atoms with Gasteiger partial charge in [0.05, 0.1) is 0 Å². The highest BCUT2D eigenvalue weighted by atomic mass is 32.2. The predicted octanol–water partition coefficient (Wildman–Crippen LogP) is 2.80. The summed E-state index contributed by atoms with van der Waals surface area (Å²) >= 11 is 0. The molecule has 2 heterocycles. The number of benzene rings is 1. The minimum absolute atomic E-state index is 0.0547. The van der Waals surface area contributed by atoms with Crippen molar-refractivity contribution in [3.8, 4) is 0 Å². The minimum atomic E-state index is -3.42. The van der Waals surface area contributed by atoms with E-state index in [4.69, 9.17) is 4.98 Å². The molecule has 1 aromatic carbocycles. The van der Waals surface area contributed by atoms with Gasteiger partial charge in [-0.1, -0.05) is 24.3 Å². The average Bonchev–Trinajstić information content (AvgIpc) is 2.64. The zero-order chi connectivity index (χ0) is 18.7. The second kappa shape index (κ2) is 7.82. The number of halogens is 1. The van der Waals surface area contributed by atoms with Gasteiger partial charge in [-0.2, -0.15) is 17.0 Å². The van der Waals surface area contributed by atoms with Crippen LogP contribution in [-0.4, -0.2) is 49.2 Å². The fraction of sp³-hybridized carbons (Fsp3) is 0.421. The Morgan fingerprint density at radius 2 is 1.96 bits per heavy atom. The van der Waals surface area contributed by atoms with Crippen molar-refractivity contribution in [2.45, 2.75) is 25.2 Å². The van der Waals surface area contributed by atoms with Crippen LogP contribution in [0, 0.1) is 5.82 Å². The molecule has 3 rings (SSSR count). The largest absolute Gasteiger partial charge is 0.281 e. The molecule has 7 heteroatoms. The van der Waals surface area contributed by atoms with Crippen molar-refractivity contribution in [3.05, 3.63) is 65.2 Å². The molecule has 140 valence electrons. The molecule has 0 saturated carbocycles. The smallest absolute Gasteiger partial charge is 0.257 e. The van der Waals surface area contributed by atoms with E-state index in [1.165, 1.54) is 14.7 Å². The van der Waals surface area contributed by atoms with Crippen molar-refractivity contribution in [1.29, 1.82) is 0 Å². The Morgan fingerprint density at radius 3 is 2.69 bits per heavy atom. The Balaban J connectivity index is 1.78. The maximum Gasteiger partial charge on any atom is 0.281 e. The Morgan fingerprint density at radius 1 is 1.19 bits per heavy atom. The quantitative estimate of drug-likeness (QED) is 0.805. The SMILES string of the molecule is CN(C)S(=O)(=O)N1CCCC(c2cccc(Cc3ccccc3F)n2)C1. The number of hydrogen-bond acceptors (Lipinski definition) is 3. The molecular formula is C19H24FN3O2S. The van der Waals surface area contributed by atoms with Gasteiger partial charge < -0.3 is 0 Å². The molecule has 0 radical (unpaired) electrons. The lowest BCUT2D eigenvalue weighted by Crippen LogP contribution is -2.45. The summed E-state index contributed by atoms with van der Waals surface area (Å²) in [6, 6.07) is 12.4. The van der Waals surface area contributed by atoms with Crippen LogP contribution < -0.4 is 0 Å². The van der Waals surface area contributed by atoms with Crippen LogP contribution in [0.4, 0.5) is 4.39 Å². The van der Waals surface area contributed by atoms with Crippen LogP contribution in [0.3, 0.4) is 0 Å². The summed E-state index contributed by atoms with van der Waals surface area (Å²) in [5, 5.41) is 0. The molecule has 1 atom stereocenters. The molecule has 0 amide bonds. The normalized spacial score (nSPS) is 19.0. The Bertz CT molecular complexity index is 871. The molecule has 26 heavy (non-hydrogen) atoms. The van der Waals surface area contributed by atoms with Crippen molar-refractivity contribution in [2.75, 3.05) is 27.2 Å². The first-order valence-electron chi connectivity index (χ1n) is 8.75. The lowest BCUT2D eigenvalue weighted by molar-refractivity contribution is 0.296. The van der Waals surface area contributed by atoms with Crippen molar-refractivity contribution >= 4 is 10.2 Å². The highest BCUT2D eigenvalue weighted by molar-refractivity contribution is 7.86. The number of rotatable bonds is 5. The van der Waals surface area contributed by atoms with Crippen LogP contribution in [0.1, 0.15) is 35.7 Å². The molecule has 5 nitrogen and oxygen atoms in total. The van der Waals surface area contributed by atoms with Crippen molar-refractivity contribution in [3.63, 3.8) is 0 Å².